The van der Waals surface area contributed by atoms with E-state index in [0.717, 1.165) is 17.7 Å². The van der Waals surface area contributed by atoms with Crippen molar-refractivity contribution in [3.63, 3.8) is 0 Å². The van der Waals surface area contributed by atoms with Gasteiger partial charge < -0.3 is 9.80 Å². The molecule has 2 heterocycles. The van der Waals surface area contributed by atoms with Crippen LogP contribution in [-0.4, -0.2) is 73.0 Å². The number of nitrogens with zero attached hydrogens (tertiary/aromatic N) is 2. The molecule has 3 aliphatic rings. The molecule has 1 aromatic carbocycles. The first kappa shape index (κ1) is 18.8. The second kappa shape index (κ2) is 7.47. The summed E-state index contributed by atoms with van der Waals surface area (Å²) in [6.45, 7) is 2.29. The van der Waals surface area contributed by atoms with E-state index >= 15 is 0 Å². The normalized spacial score (nSPS) is 24.8. The topological polar surface area (TPSA) is 74.8 Å². The number of piperazine rings is 1. The van der Waals surface area contributed by atoms with Gasteiger partial charge in [-0.15, -0.1) is 11.8 Å². The highest BCUT2D eigenvalue weighted by molar-refractivity contribution is 8.02. The number of sulfone groups is 1. The van der Waals surface area contributed by atoms with E-state index in [0.29, 0.717) is 38.2 Å². The molecule has 6 nitrogen and oxygen atoms in total. The van der Waals surface area contributed by atoms with E-state index in [4.69, 9.17) is 0 Å². The van der Waals surface area contributed by atoms with Crippen LogP contribution in [0.25, 0.3) is 0 Å². The van der Waals surface area contributed by atoms with Crippen molar-refractivity contribution in [1.82, 2.24) is 9.80 Å². The van der Waals surface area contributed by atoms with Crippen molar-refractivity contribution in [2.24, 2.45) is 5.92 Å². The third-order valence-corrected chi connectivity index (χ3v) is 8.73. The molecule has 2 aliphatic heterocycles. The minimum absolute atomic E-state index is 0.0111. The Labute approximate surface area is 164 Å². The third kappa shape index (κ3) is 4.32. The van der Waals surface area contributed by atoms with Crippen LogP contribution in [0.2, 0.25) is 0 Å². The largest absolute Gasteiger partial charge is 0.339 e. The molecule has 0 N–H and O–H groups in total. The van der Waals surface area contributed by atoms with Crippen LogP contribution in [-0.2, 0) is 14.6 Å². The molecule has 146 valence electrons. The van der Waals surface area contributed by atoms with Gasteiger partial charge in [-0.25, -0.2) is 8.42 Å². The zero-order valence-electron chi connectivity index (χ0n) is 15.2. The minimum atomic E-state index is -2.94. The molecule has 2 saturated heterocycles. The Hall–Kier alpha value is -1.54. The van der Waals surface area contributed by atoms with Crippen molar-refractivity contribution in [3.8, 4) is 0 Å². The second-order valence-corrected chi connectivity index (χ2v) is 11.1. The van der Waals surface area contributed by atoms with Gasteiger partial charge in [0.05, 0.1) is 17.1 Å². The molecule has 1 atom stereocenters. The van der Waals surface area contributed by atoms with Crippen molar-refractivity contribution < 1.29 is 18.0 Å². The van der Waals surface area contributed by atoms with Gasteiger partial charge in [0.1, 0.15) is 0 Å². The number of rotatable bonds is 4. The Morgan fingerprint density at radius 2 is 1.63 bits per heavy atom. The lowest BCUT2D eigenvalue weighted by molar-refractivity contribution is -0.134. The lowest BCUT2D eigenvalue weighted by atomic mass is 10.1. The summed E-state index contributed by atoms with van der Waals surface area (Å²) in [5, 5.41) is 0.0111. The average Bonchev–Trinajstić information content (AvgIpc) is 3.45. The van der Waals surface area contributed by atoms with E-state index in [1.165, 1.54) is 11.8 Å². The van der Waals surface area contributed by atoms with Gasteiger partial charge in [-0.05, 0) is 31.4 Å². The number of carbonyl (C=O) groups is 2. The fraction of sp³-hybridized carbons (Fsp3) is 0.579. The highest BCUT2D eigenvalue weighted by atomic mass is 32.2. The molecule has 1 aromatic rings. The molecular formula is C19H24N2O4S2. The lowest BCUT2D eigenvalue weighted by Crippen LogP contribution is -2.51. The van der Waals surface area contributed by atoms with Gasteiger partial charge in [0, 0.05) is 42.2 Å². The summed E-state index contributed by atoms with van der Waals surface area (Å²) >= 11 is 1.50. The summed E-state index contributed by atoms with van der Waals surface area (Å²) in [5.74, 6) is 0.838. The molecule has 1 unspecified atom stereocenters. The van der Waals surface area contributed by atoms with Gasteiger partial charge >= 0.3 is 0 Å². The monoisotopic (exact) mass is 408 g/mol. The van der Waals surface area contributed by atoms with Crippen LogP contribution in [0.5, 0.6) is 0 Å². The molecule has 0 radical (unpaired) electrons. The molecule has 1 aliphatic carbocycles. The van der Waals surface area contributed by atoms with E-state index in [-0.39, 0.29) is 34.5 Å². The summed E-state index contributed by atoms with van der Waals surface area (Å²) < 4.78 is 23.4. The maximum absolute atomic E-state index is 13.0. The molecule has 8 heteroatoms. The first-order valence-electron chi connectivity index (χ1n) is 9.47. The highest BCUT2D eigenvalue weighted by Gasteiger charge is 2.35. The summed E-state index contributed by atoms with van der Waals surface area (Å²) in [7, 11) is -2.94. The summed E-state index contributed by atoms with van der Waals surface area (Å²) in [4.78, 5) is 29.7. The molecule has 0 bridgehead atoms. The maximum Gasteiger partial charge on any atom is 0.255 e. The average molecular weight is 409 g/mol. The smallest absolute Gasteiger partial charge is 0.255 e. The zero-order valence-corrected chi connectivity index (χ0v) is 16.8. The number of hydrogen-bond acceptors (Lipinski definition) is 5. The van der Waals surface area contributed by atoms with Crippen LogP contribution < -0.4 is 0 Å². The maximum atomic E-state index is 13.0. The van der Waals surface area contributed by atoms with E-state index < -0.39 is 9.84 Å². The van der Waals surface area contributed by atoms with Crippen molar-refractivity contribution >= 4 is 33.4 Å². The van der Waals surface area contributed by atoms with Crippen molar-refractivity contribution in [2.45, 2.75) is 29.4 Å². The van der Waals surface area contributed by atoms with Crippen molar-refractivity contribution in [1.29, 1.82) is 0 Å². The first-order valence-corrected chi connectivity index (χ1v) is 12.2. The quantitative estimate of drug-likeness (QED) is 0.758. The molecule has 2 amide bonds. The molecule has 0 aromatic heterocycles. The van der Waals surface area contributed by atoms with Gasteiger partial charge in [0.2, 0.25) is 5.91 Å². The number of carbonyl (C=O) groups excluding carboxylic acids is 2. The zero-order chi connectivity index (χ0) is 19.0. The Morgan fingerprint density at radius 1 is 0.963 bits per heavy atom. The van der Waals surface area contributed by atoms with Gasteiger partial charge in [-0.2, -0.15) is 0 Å². The number of amides is 2. The lowest BCUT2D eigenvalue weighted by Gasteiger charge is -2.35. The van der Waals surface area contributed by atoms with Crippen LogP contribution in [0.15, 0.2) is 29.2 Å². The molecular weight excluding hydrogens is 384 g/mol. The van der Waals surface area contributed by atoms with Crippen LogP contribution in [0, 0.1) is 5.92 Å². The van der Waals surface area contributed by atoms with Crippen LogP contribution >= 0.6 is 11.8 Å². The van der Waals surface area contributed by atoms with Crippen LogP contribution in [0.1, 0.15) is 29.6 Å². The number of hydrogen-bond donors (Lipinski definition) is 0. The molecule has 3 fully saturated rings. The SMILES string of the molecule is O=C(c1ccccc1SC1CCS(=O)(=O)C1)N1CCN(C(=O)C2CC2)CC1. The van der Waals surface area contributed by atoms with Gasteiger partial charge in [0.15, 0.2) is 9.84 Å². The standard InChI is InChI=1S/C19H24N2O4S2/c22-18(14-5-6-14)20-8-10-21(11-9-20)19(23)16-3-1-2-4-17(16)26-15-7-12-27(24,25)13-15/h1-4,14-15H,5-13H2. The Balaban J connectivity index is 1.41. The predicted molar refractivity (Wildman–Crippen MR) is 105 cm³/mol. The Bertz CT molecular complexity index is 843. The van der Waals surface area contributed by atoms with Crippen molar-refractivity contribution in [2.75, 3.05) is 37.7 Å². The molecule has 27 heavy (non-hydrogen) atoms. The van der Waals surface area contributed by atoms with Crippen molar-refractivity contribution in [3.05, 3.63) is 29.8 Å². The second-order valence-electron chi connectivity index (χ2n) is 7.53. The predicted octanol–water partition coefficient (Wildman–Crippen LogP) is 1.66. The summed E-state index contributed by atoms with van der Waals surface area (Å²) in [6.07, 6.45) is 2.64. The number of thioether (sulfide) groups is 1. The number of benzene rings is 1. The van der Waals surface area contributed by atoms with Crippen LogP contribution in [0.3, 0.4) is 0 Å². The van der Waals surface area contributed by atoms with E-state index in [9.17, 15) is 18.0 Å². The Kier molecular flexibility index (Phi) is 5.20. The van der Waals surface area contributed by atoms with E-state index in [1.54, 1.807) is 0 Å². The van der Waals surface area contributed by atoms with Gasteiger partial charge in [0.25, 0.3) is 5.91 Å². The molecule has 0 spiro atoms. The molecule has 4 rings (SSSR count). The van der Waals surface area contributed by atoms with Gasteiger partial charge in [-0.1, -0.05) is 12.1 Å². The van der Waals surface area contributed by atoms with Gasteiger partial charge in [-0.3, -0.25) is 9.59 Å². The van der Waals surface area contributed by atoms with E-state index in [1.807, 2.05) is 34.1 Å². The fourth-order valence-corrected chi connectivity index (χ4v) is 7.29. The first-order chi connectivity index (χ1) is 12.9. The van der Waals surface area contributed by atoms with Crippen LogP contribution in [0.4, 0.5) is 0 Å². The Morgan fingerprint density at radius 3 is 2.26 bits per heavy atom. The highest BCUT2D eigenvalue weighted by Crippen LogP contribution is 2.34. The summed E-state index contributed by atoms with van der Waals surface area (Å²) in [5.41, 5.74) is 0.633. The van der Waals surface area contributed by atoms with E-state index in [2.05, 4.69) is 0 Å². The third-order valence-electron chi connectivity index (χ3n) is 5.41. The summed E-state index contributed by atoms with van der Waals surface area (Å²) in [6, 6.07) is 7.44. The molecule has 1 saturated carbocycles. The minimum Gasteiger partial charge on any atom is -0.339 e. The fourth-order valence-electron chi connectivity index (χ4n) is 3.67.